The predicted octanol–water partition coefficient (Wildman–Crippen LogP) is 0.960. The summed E-state index contributed by atoms with van der Waals surface area (Å²) in [5, 5.41) is 7.28. The van der Waals surface area contributed by atoms with Crippen molar-refractivity contribution in [3.05, 3.63) is 36.5 Å². The van der Waals surface area contributed by atoms with Crippen LogP contribution in [0.5, 0.6) is 0 Å². The van der Waals surface area contributed by atoms with Crippen LogP contribution < -0.4 is 5.32 Å². The molecule has 0 aliphatic heterocycles. The normalized spacial score (nSPS) is 11.9. The average molecular weight is 261 g/mol. The molecule has 0 aliphatic carbocycles. The SMILES string of the molecule is COC(=O)c1cncc(NC(C)Cn2cccn2)n1. The number of carbonyl (C=O) groups is 1. The third-order valence-corrected chi connectivity index (χ3v) is 2.44. The Labute approximate surface area is 110 Å². The molecule has 0 aliphatic rings. The molecule has 0 spiro atoms. The Morgan fingerprint density at radius 2 is 2.37 bits per heavy atom. The molecule has 2 rings (SSSR count). The summed E-state index contributed by atoms with van der Waals surface area (Å²) in [7, 11) is 1.31. The third-order valence-electron chi connectivity index (χ3n) is 2.44. The Kier molecular flexibility index (Phi) is 4.07. The van der Waals surface area contributed by atoms with Crippen LogP contribution >= 0.6 is 0 Å². The lowest BCUT2D eigenvalue weighted by Crippen LogP contribution is -2.23. The van der Waals surface area contributed by atoms with Crippen LogP contribution in [-0.2, 0) is 11.3 Å². The van der Waals surface area contributed by atoms with Gasteiger partial charge < -0.3 is 10.1 Å². The number of nitrogens with one attached hydrogen (secondary N) is 1. The van der Waals surface area contributed by atoms with Crippen molar-refractivity contribution in [2.45, 2.75) is 19.5 Å². The van der Waals surface area contributed by atoms with Crippen LogP contribution in [0, 0.1) is 0 Å². The lowest BCUT2D eigenvalue weighted by Gasteiger charge is -2.14. The van der Waals surface area contributed by atoms with E-state index in [1.165, 1.54) is 13.3 Å². The van der Waals surface area contributed by atoms with Gasteiger partial charge in [0.25, 0.3) is 0 Å². The molecule has 2 heterocycles. The molecule has 0 bridgehead atoms. The smallest absolute Gasteiger partial charge is 0.358 e. The number of hydrogen-bond acceptors (Lipinski definition) is 6. The number of hydrogen-bond donors (Lipinski definition) is 1. The number of nitrogens with zero attached hydrogens (tertiary/aromatic N) is 4. The first-order chi connectivity index (χ1) is 9.19. The van der Waals surface area contributed by atoms with E-state index in [9.17, 15) is 4.79 Å². The number of carbonyl (C=O) groups excluding carboxylic acids is 1. The molecule has 0 aromatic carbocycles. The minimum atomic E-state index is -0.504. The number of aromatic nitrogens is 4. The van der Waals surface area contributed by atoms with E-state index in [4.69, 9.17) is 0 Å². The monoisotopic (exact) mass is 261 g/mol. The van der Waals surface area contributed by atoms with Crippen LogP contribution in [0.25, 0.3) is 0 Å². The minimum absolute atomic E-state index is 0.0992. The second kappa shape index (κ2) is 5.94. The highest BCUT2D eigenvalue weighted by Crippen LogP contribution is 2.06. The van der Waals surface area contributed by atoms with Crippen molar-refractivity contribution in [1.29, 1.82) is 0 Å². The van der Waals surface area contributed by atoms with Crippen molar-refractivity contribution in [3.63, 3.8) is 0 Å². The fourth-order valence-electron chi connectivity index (χ4n) is 1.63. The summed E-state index contributed by atoms with van der Waals surface area (Å²) in [6, 6.07) is 1.96. The van der Waals surface area contributed by atoms with Crippen molar-refractivity contribution in [1.82, 2.24) is 19.7 Å². The zero-order chi connectivity index (χ0) is 13.7. The van der Waals surface area contributed by atoms with Crippen molar-refractivity contribution in [3.8, 4) is 0 Å². The second-order valence-corrected chi connectivity index (χ2v) is 4.05. The van der Waals surface area contributed by atoms with Crippen LogP contribution in [0.2, 0.25) is 0 Å². The average Bonchev–Trinajstić information content (AvgIpc) is 2.90. The maximum atomic E-state index is 11.3. The fourth-order valence-corrected chi connectivity index (χ4v) is 1.63. The number of anilines is 1. The first-order valence-corrected chi connectivity index (χ1v) is 5.83. The van der Waals surface area contributed by atoms with Gasteiger partial charge in [-0.15, -0.1) is 0 Å². The van der Waals surface area contributed by atoms with E-state index in [0.717, 1.165) is 0 Å². The maximum Gasteiger partial charge on any atom is 0.358 e. The Morgan fingerprint density at radius 1 is 1.53 bits per heavy atom. The topological polar surface area (TPSA) is 81.9 Å². The predicted molar refractivity (Wildman–Crippen MR) is 68.7 cm³/mol. The molecule has 100 valence electrons. The summed E-state index contributed by atoms with van der Waals surface area (Å²) < 4.78 is 6.41. The molecule has 2 aromatic heterocycles. The van der Waals surface area contributed by atoms with Crippen LogP contribution in [0.3, 0.4) is 0 Å². The highest BCUT2D eigenvalue weighted by Gasteiger charge is 2.10. The van der Waals surface area contributed by atoms with Gasteiger partial charge in [0.1, 0.15) is 5.82 Å². The number of esters is 1. The van der Waals surface area contributed by atoms with E-state index in [1.807, 2.05) is 23.9 Å². The van der Waals surface area contributed by atoms with Gasteiger partial charge in [-0.25, -0.2) is 9.78 Å². The zero-order valence-electron chi connectivity index (χ0n) is 10.8. The van der Waals surface area contributed by atoms with Crippen molar-refractivity contribution in [2.24, 2.45) is 0 Å². The molecule has 0 amide bonds. The van der Waals surface area contributed by atoms with E-state index >= 15 is 0 Å². The summed E-state index contributed by atoms with van der Waals surface area (Å²) in [6.45, 7) is 2.69. The summed E-state index contributed by atoms with van der Waals surface area (Å²) in [5.74, 6) is 0.0263. The van der Waals surface area contributed by atoms with Gasteiger partial charge in [-0.1, -0.05) is 0 Å². The van der Waals surface area contributed by atoms with Gasteiger partial charge in [0, 0.05) is 18.4 Å². The number of methoxy groups -OCH3 is 1. The van der Waals surface area contributed by atoms with Gasteiger partial charge in [0.15, 0.2) is 5.69 Å². The van der Waals surface area contributed by atoms with Gasteiger partial charge in [-0.05, 0) is 13.0 Å². The zero-order valence-corrected chi connectivity index (χ0v) is 10.8. The molecular weight excluding hydrogens is 246 g/mol. The van der Waals surface area contributed by atoms with Crippen LogP contribution in [0.1, 0.15) is 17.4 Å². The van der Waals surface area contributed by atoms with Crippen molar-refractivity contribution in [2.75, 3.05) is 12.4 Å². The standard InChI is InChI=1S/C12H15N5O2/c1-9(8-17-5-3-4-14-17)15-11-7-13-6-10(16-11)12(18)19-2/h3-7,9H,8H2,1-2H3,(H,15,16). The lowest BCUT2D eigenvalue weighted by atomic mass is 10.3. The molecular formula is C12H15N5O2. The van der Waals surface area contributed by atoms with Gasteiger partial charge >= 0.3 is 5.97 Å². The largest absolute Gasteiger partial charge is 0.464 e. The fraction of sp³-hybridized carbons (Fsp3) is 0.333. The molecule has 7 nitrogen and oxygen atoms in total. The number of rotatable bonds is 5. The molecule has 0 saturated heterocycles. The molecule has 2 aromatic rings. The molecule has 7 heteroatoms. The van der Waals surface area contributed by atoms with Crippen LogP contribution in [0.15, 0.2) is 30.9 Å². The van der Waals surface area contributed by atoms with E-state index in [-0.39, 0.29) is 11.7 Å². The van der Waals surface area contributed by atoms with Gasteiger partial charge in [-0.3, -0.25) is 9.67 Å². The van der Waals surface area contributed by atoms with Crippen molar-refractivity contribution >= 4 is 11.8 Å². The molecule has 0 saturated carbocycles. The molecule has 1 unspecified atom stereocenters. The Balaban J connectivity index is 2.00. The van der Waals surface area contributed by atoms with Gasteiger partial charge in [-0.2, -0.15) is 5.10 Å². The lowest BCUT2D eigenvalue weighted by molar-refractivity contribution is 0.0593. The Bertz CT molecular complexity index is 541. The van der Waals surface area contributed by atoms with E-state index < -0.39 is 5.97 Å². The molecule has 1 atom stereocenters. The highest BCUT2D eigenvalue weighted by atomic mass is 16.5. The summed E-state index contributed by atoms with van der Waals surface area (Å²) in [5.41, 5.74) is 0.179. The Hall–Kier alpha value is -2.44. The molecule has 0 radical (unpaired) electrons. The van der Waals surface area contributed by atoms with Gasteiger partial charge in [0.2, 0.25) is 0 Å². The Morgan fingerprint density at radius 3 is 3.05 bits per heavy atom. The van der Waals surface area contributed by atoms with E-state index in [0.29, 0.717) is 12.4 Å². The van der Waals surface area contributed by atoms with E-state index in [2.05, 4.69) is 25.1 Å². The first-order valence-electron chi connectivity index (χ1n) is 5.83. The van der Waals surface area contributed by atoms with Crippen LogP contribution in [0.4, 0.5) is 5.82 Å². The summed E-state index contributed by atoms with van der Waals surface area (Å²) in [6.07, 6.45) is 6.54. The molecule has 1 N–H and O–H groups in total. The summed E-state index contributed by atoms with van der Waals surface area (Å²) >= 11 is 0. The van der Waals surface area contributed by atoms with E-state index in [1.54, 1.807) is 12.4 Å². The highest BCUT2D eigenvalue weighted by molar-refractivity contribution is 5.87. The second-order valence-electron chi connectivity index (χ2n) is 4.05. The molecule has 19 heavy (non-hydrogen) atoms. The quantitative estimate of drug-likeness (QED) is 0.807. The third kappa shape index (κ3) is 3.51. The number of ether oxygens (including phenoxy) is 1. The van der Waals surface area contributed by atoms with Crippen molar-refractivity contribution < 1.29 is 9.53 Å². The van der Waals surface area contributed by atoms with Gasteiger partial charge in [0.05, 0.1) is 26.0 Å². The minimum Gasteiger partial charge on any atom is -0.464 e. The summed E-state index contributed by atoms with van der Waals surface area (Å²) in [4.78, 5) is 19.4. The first kappa shape index (κ1) is 13.0. The van der Waals surface area contributed by atoms with Crippen LogP contribution in [-0.4, -0.2) is 38.9 Å². The molecule has 0 fully saturated rings. The maximum absolute atomic E-state index is 11.3.